The smallest absolute Gasteiger partial charge is 0.340 e. The number of ether oxygens (including phenoxy) is 3. The first-order valence-electron chi connectivity index (χ1n) is 9.35. The van der Waals surface area contributed by atoms with Gasteiger partial charge in [0.15, 0.2) is 11.5 Å². The monoisotopic (exact) mass is 400 g/mol. The summed E-state index contributed by atoms with van der Waals surface area (Å²) in [6.07, 6.45) is 0. The van der Waals surface area contributed by atoms with Crippen LogP contribution in [0.25, 0.3) is 0 Å². The number of nitrogens with one attached hydrogen (secondary N) is 1. The highest BCUT2D eigenvalue weighted by Crippen LogP contribution is 2.30. The van der Waals surface area contributed by atoms with Gasteiger partial charge in [0.25, 0.3) is 0 Å². The number of carbonyl (C=O) groups excluding carboxylic acids is 2. The largest absolute Gasteiger partial charge is 0.493 e. The molecule has 0 unspecified atom stereocenters. The van der Waals surface area contributed by atoms with E-state index in [-0.39, 0.29) is 19.1 Å². The van der Waals surface area contributed by atoms with E-state index in [0.717, 1.165) is 11.1 Å². The molecule has 2 aromatic carbocycles. The van der Waals surface area contributed by atoms with Crippen molar-refractivity contribution in [1.29, 1.82) is 0 Å². The molecule has 0 saturated heterocycles. The molecule has 0 saturated carbocycles. The Hall–Kier alpha value is -3.06. The summed E-state index contributed by atoms with van der Waals surface area (Å²) in [6.45, 7) is 4.71. The van der Waals surface area contributed by atoms with E-state index >= 15 is 0 Å². The molecule has 2 rings (SSSR count). The van der Waals surface area contributed by atoms with Gasteiger partial charge < -0.3 is 19.5 Å². The second-order valence-electron chi connectivity index (χ2n) is 6.62. The van der Waals surface area contributed by atoms with Gasteiger partial charge in [-0.3, -0.25) is 9.69 Å². The van der Waals surface area contributed by atoms with Crippen LogP contribution < -0.4 is 14.8 Å². The fourth-order valence-electron chi connectivity index (χ4n) is 2.95. The molecule has 1 amide bonds. The SMILES string of the molecule is CCOC(=O)c1ccccc1NC(=O)CN(C)Cc1cc(OC)c(OC)cc1C. The Kier molecular flexibility index (Phi) is 8.03. The van der Waals surface area contributed by atoms with E-state index in [0.29, 0.717) is 29.3 Å². The zero-order chi connectivity index (χ0) is 21.4. The molecule has 7 nitrogen and oxygen atoms in total. The first-order chi connectivity index (χ1) is 13.9. The molecule has 0 aromatic heterocycles. The highest BCUT2D eigenvalue weighted by molar-refractivity contribution is 6.01. The number of esters is 1. The van der Waals surface area contributed by atoms with Crippen molar-refractivity contribution in [2.45, 2.75) is 20.4 Å². The Balaban J connectivity index is 2.05. The Labute approximate surface area is 171 Å². The molecule has 2 aromatic rings. The maximum Gasteiger partial charge on any atom is 0.340 e. The lowest BCUT2D eigenvalue weighted by atomic mass is 10.1. The fourth-order valence-corrected chi connectivity index (χ4v) is 2.95. The number of aryl methyl sites for hydroxylation is 1. The van der Waals surface area contributed by atoms with Crippen molar-refractivity contribution < 1.29 is 23.8 Å². The third-order valence-corrected chi connectivity index (χ3v) is 4.39. The molecule has 0 fully saturated rings. The van der Waals surface area contributed by atoms with Crippen LogP contribution in [0.2, 0.25) is 0 Å². The minimum absolute atomic E-state index is 0.158. The summed E-state index contributed by atoms with van der Waals surface area (Å²) in [5.41, 5.74) is 2.85. The van der Waals surface area contributed by atoms with Crippen LogP contribution in [0.3, 0.4) is 0 Å². The Morgan fingerprint density at radius 2 is 1.72 bits per heavy atom. The Bertz CT molecular complexity index is 866. The normalized spacial score (nSPS) is 10.6. The lowest BCUT2D eigenvalue weighted by molar-refractivity contribution is -0.117. The van der Waals surface area contributed by atoms with Crippen molar-refractivity contribution in [3.05, 3.63) is 53.1 Å². The topological polar surface area (TPSA) is 77.1 Å². The number of likely N-dealkylation sites (N-methyl/N-ethyl adjacent to an activating group) is 1. The molecule has 0 atom stereocenters. The van der Waals surface area contributed by atoms with Crippen LogP contribution in [0.15, 0.2) is 36.4 Å². The van der Waals surface area contributed by atoms with Crippen molar-refractivity contribution >= 4 is 17.6 Å². The number of rotatable bonds is 9. The molecular formula is C22H28N2O5. The predicted octanol–water partition coefficient (Wildman–Crippen LogP) is 3.26. The second kappa shape index (κ2) is 10.5. The Morgan fingerprint density at radius 3 is 2.38 bits per heavy atom. The first kappa shape index (κ1) is 22.2. The van der Waals surface area contributed by atoms with E-state index < -0.39 is 5.97 Å². The Morgan fingerprint density at radius 1 is 1.07 bits per heavy atom. The summed E-state index contributed by atoms with van der Waals surface area (Å²) in [5.74, 6) is 0.638. The number of amides is 1. The van der Waals surface area contributed by atoms with E-state index in [2.05, 4.69) is 5.32 Å². The maximum absolute atomic E-state index is 12.5. The zero-order valence-corrected chi connectivity index (χ0v) is 17.6. The summed E-state index contributed by atoms with van der Waals surface area (Å²) >= 11 is 0. The van der Waals surface area contributed by atoms with Crippen molar-refractivity contribution in [3.63, 3.8) is 0 Å². The summed E-state index contributed by atoms with van der Waals surface area (Å²) in [6, 6.07) is 10.6. The summed E-state index contributed by atoms with van der Waals surface area (Å²) < 4.78 is 15.7. The van der Waals surface area contributed by atoms with E-state index in [1.54, 1.807) is 45.4 Å². The van der Waals surface area contributed by atoms with E-state index in [1.165, 1.54) is 0 Å². The van der Waals surface area contributed by atoms with Gasteiger partial charge in [-0.1, -0.05) is 12.1 Å². The minimum Gasteiger partial charge on any atom is -0.493 e. The summed E-state index contributed by atoms with van der Waals surface area (Å²) in [5, 5.41) is 2.80. The van der Waals surface area contributed by atoms with E-state index in [1.807, 2.05) is 31.0 Å². The van der Waals surface area contributed by atoms with Crippen LogP contribution in [0.1, 0.15) is 28.4 Å². The fraction of sp³-hybridized carbons (Fsp3) is 0.364. The predicted molar refractivity (Wildman–Crippen MR) is 112 cm³/mol. The maximum atomic E-state index is 12.5. The van der Waals surface area contributed by atoms with E-state index in [9.17, 15) is 9.59 Å². The van der Waals surface area contributed by atoms with Crippen LogP contribution >= 0.6 is 0 Å². The quantitative estimate of drug-likeness (QED) is 0.651. The zero-order valence-electron chi connectivity index (χ0n) is 17.6. The molecule has 156 valence electrons. The van der Waals surface area contributed by atoms with Crippen molar-refractivity contribution in [1.82, 2.24) is 4.90 Å². The van der Waals surface area contributed by atoms with Crippen LogP contribution in [-0.2, 0) is 16.1 Å². The van der Waals surface area contributed by atoms with Crippen LogP contribution in [0.5, 0.6) is 11.5 Å². The average molecular weight is 400 g/mol. The highest BCUT2D eigenvalue weighted by Gasteiger charge is 2.16. The van der Waals surface area contributed by atoms with Gasteiger partial charge in [0, 0.05) is 6.54 Å². The van der Waals surface area contributed by atoms with Gasteiger partial charge in [0.1, 0.15) is 0 Å². The number of para-hydroxylation sites is 1. The first-order valence-corrected chi connectivity index (χ1v) is 9.35. The molecule has 0 spiro atoms. The van der Waals surface area contributed by atoms with Crippen molar-refractivity contribution in [2.24, 2.45) is 0 Å². The number of nitrogens with zero attached hydrogens (tertiary/aromatic N) is 1. The van der Waals surface area contributed by atoms with Gasteiger partial charge in [-0.25, -0.2) is 4.79 Å². The summed E-state index contributed by atoms with van der Waals surface area (Å²) in [7, 11) is 5.05. The number of methoxy groups -OCH3 is 2. The lowest BCUT2D eigenvalue weighted by Gasteiger charge is -2.19. The van der Waals surface area contributed by atoms with Gasteiger partial charge in [-0.05, 0) is 56.3 Å². The molecule has 7 heteroatoms. The molecule has 0 heterocycles. The average Bonchev–Trinajstić information content (AvgIpc) is 2.69. The van der Waals surface area contributed by atoms with Crippen LogP contribution in [-0.4, -0.2) is 51.2 Å². The third kappa shape index (κ3) is 5.96. The van der Waals surface area contributed by atoms with E-state index in [4.69, 9.17) is 14.2 Å². The molecule has 0 aliphatic carbocycles. The van der Waals surface area contributed by atoms with Gasteiger partial charge >= 0.3 is 5.97 Å². The van der Waals surface area contributed by atoms with Crippen LogP contribution in [0.4, 0.5) is 5.69 Å². The molecule has 0 aliphatic heterocycles. The van der Waals surface area contributed by atoms with Gasteiger partial charge in [0.2, 0.25) is 5.91 Å². The summed E-state index contributed by atoms with van der Waals surface area (Å²) in [4.78, 5) is 26.4. The number of hydrogen-bond donors (Lipinski definition) is 1. The molecule has 0 aliphatic rings. The molecule has 29 heavy (non-hydrogen) atoms. The standard InChI is InChI=1S/C22H28N2O5/c1-6-29-22(26)17-9-7-8-10-18(17)23-21(25)14-24(3)13-16-12-20(28-5)19(27-4)11-15(16)2/h7-12H,6,13-14H2,1-5H3,(H,23,25). The molecule has 1 N–H and O–H groups in total. The molecular weight excluding hydrogens is 372 g/mol. The van der Waals surface area contributed by atoms with Crippen molar-refractivity contribution in [3.8, 4) is 11.5 Å². The highest BCUT2D eigenvalue weighted by atomic mass is 16.5. The van der Waals surface area contributed by atoms with Gasteiger partial charge in [-0.15, -0.1) is 0 Å². The number of anilines is 1. The lowest BCUT2D eigenvalue weighted by Crippen LogP contribution is -2.30. The number of carbonyl (C=O) groups is 2. The van der Waals surface area contributed by atoms with Crippen LogP contribution in [0, 0.1) is 6.92 Å². The molecule has 0 radical (unpaired) electrons. The van der Waals surface area contributed by atoms with Crippen molar-refractivity contribution in [2.75, 3.05) is 39.7 Å². The third-order valence-electron chi connectivity index (χ3n) is 4.39. The molecule has 0 bridgehead atoms. The minimum atomic E-state index is -0.460. The second-order valence-corrected chi connectivity index (χ2v) is 6.62. The number of benzene rings is 2. The van der Waals surface area contributed by atoms with Gasteiger partial charge in [-0.2, -0.15) is 0 Å². The number of hydrogen-bond acceptors (Lipinski definition) is 6. The van der Waals surface area contributed by atoms with Gasteiger partial charge in [0.05, 0.1) is 38.6 Å².